The summed E-state index contributed by atoms with van der Waals surface area (Å²) in [5, 5.41) is 9.16. The molecule has 8 heteroatoms. The van der Waals surface area contributed by atoms with Gasteiger partial charge in [-0.2, -0.15) is 5.10 Å². The van der Waals surface area contributed by atoms with Gasteiger partial charge < -0.3 is 9.15 Å². The number of rotatable bonds is 6. The first-order chi connectivity index (χ1) is 10.0. The summed E-state index contributed by atoms with van der Waals surface area (Å²) in [6.45, 7) is 4.18. The van der Waals surface area contributed by atoms with Gasteiger partial charge in [0.1, 0.15) is 21.2 Å². The van der Waals surface area contributed by atoms with Gasteiger partial charge in [-0.05, 0) is 24.6 Å². The van der Waals surface area contributed by atoms with Crippen LogP contribution in [-0.2, 0) is 12.5 Å². The zero-order valence-corrected chi connectivity index (χ0v) is 15.1. The van der Waals surface area contributed by atoms with Crippen LogP contribution >= 0.6 is 34.8 Å². The Hall–Kier alpha value is -0.753. The molecule has 2 aromatic heterocycles. The van der Waals surface area contributed by atoms with Crippen molar-refractivity contribution >= 4 is 48.8 Å². The molecule has 0 aliphatic rings. The van der Waals surface area contributed by atoms with E-state index in [-0.39, 0.29) is 6.61 Å². The Labute approximate surface area is 140 Å². The molecule has 4 nitrogen and oxygen atoms in total. The largest absolute Gasteiger partial charge is 0.468 e. The van der Waals surface area contributed by atoms with Gasteiger partial charge in [0.2, 0.25) is 5.88 Å². The van der Waals surface area contributed by atoms with Crippen LogP contribution in [0.4, 0.5) is 0 Å². The highest BCUT2D eigenvalue weighted by molar-refractivity contribution is 6.88. The molecule has 2 heterocycles. The second-order valence-corrected chi connectivity index (χ2v) is 9.71. The maximum Gasteiger partial charge on any atom is 0.233 e. The van der Waals surface area contributed by atoms with Crippen LogP contribution in [0.3, 0.4) is 0 Å². The quantitative estimate of drug-likeness (QED) is 0.583. The normalized spacial score (nSPS) is 12.7. The summed E-state index contributed by atoms with van der Waals surface area (Å²) in [4.78, 5) is 0. The average molecular weight is 366 g/mol. The lowest BCUT2D eigenvalue weighted by Gasteiger charge is -2.19. The van der Waals surface area contributed by atoms with Gasteiger partial charge in [-0.3, -0.25) is 0 Å². The summed E-state index contributed by atoms with van der Waals surface area (Å²) in [5.74, 6) is 1.47. The fourth-order valence-corrected chi connectivity index (χ4v) is 4.83. The Morgan fingerprint density at radius 3 is 2.71 bits per heavy atom. The van der Waals surface area contributed by atoms with Crippen molar-refractivity contribution in [2.75, 3.05) is 0 Å². The Kier molecular flexibility index (Phi) is 5.93. The molecule has 0 bridgehead atoms. The summed E-state index contributed by atoms with van der Waals surface area (Å²) in [7, 11) is -1.68. The van der Waals surface area contributed by atoms with Gasteiger partial charge in [-0.15, -0.1) is 39.9 Å². The standard InChI is InChI=1S/C13H15Cl3N2O2Si/c1-8-10(6-14)11(21(2)13(15)16)12(18-17-8)20-7-9-4-3-5-19-9/h3-5,13,21H,6-7H2,1-2H3. The predicted octanol–water partition coefficient (Wildman–Crippen LogP) is 3.10. The van der Waals surface area contributed by atoms with E-state index in [0.717, 1.165) is 16.4 Å². The molecule has 0 saturated carbocycles. The smallest absolute Gasteiger partial charge is 0.233 e. The van der Waals surface area contributed by atoms with Crippen molar-refractivity contribution in [3.8, 4) is 5.88 Å². The van der Waals surface area contributed by atoms with Crippen molar-refractivity contribution in [2.24, 2.45) is 0 Å². The number of alkyl halides is 3. The summed E-state index contributed by atoms with van der Waals surface area (Å²) >= 11 is 18.2. The highest BCUT2D eigenvalue weighted by atomic mass is 35.5. The van der Waals surface area contributed by atoms with Gasteiger partial charge in [0.25, 0.3) is 0 Å². The van der Waals surface area contributed by atoms with Crippen LogP contribution in [0.25, 0.3) is 0 Å². The fourth-order valence-electron chi connectivity index (χ4n) is 1.96. The number of aryl methyl sites for hydroxylation is 1. The lowest BCUT2D eigenvalue weighted by molar-refractivity contribution is 0.259. The molecule has 114 valence electrons. The molecule has 21 heavy (non-hydrogen) atoms. The summed E-state index contributed by atoms with van der Waals surface area (Å²) < 4.78 is 10.5. The molecular weight excluding hydrogens is 351 g/mol. The van der Waals surface area contributed by atoms with E-state index >= 15 is 0 Å². The van der Waals surface area contributed by atoms with Crippen LogP contribution < -0.4 is 9.92 Å². The summed E-state index contributed by atoms with van der Waals surface area (Å²) in [6, 6.07) is 3.63. The van der Waals surface area contributed by atoms with E-state index in [1.165, 1.54) is 0 Å². The maximum absolute atomic E-state index is 6.08. The zero-order chi connectivity index (χ0) is 15.4. The lowest BCUT2D eigenvalue weighted by Crippen LogP contribution is -2.38. The molecule has 0 spiro atoms. The first kappa shape index (κ1) is 16.6. The summed E-state index contributed by atoms with van der Waals surface area (Å²) in [5.41, 5.74) is 1.69. The highest BCUT2D eigenvalue weighted by Crippen LogP contribution is 2.18. The third-order valence-electron chi connectivity index (χ3n) is 3.18. The van der Waals surface area contributed by atoms with E-state index in [0.29, 0.717) is 17.5 Å². The predicted molar refractivity (Wildman–Crippen MR) is 87.5 cm³/mol. The van der Waals surface area contributed by atoms with Gasteiger partial charge in [-0.25, -0.2) is 0 Å². The van der Waals surface area contributed by atoms with Crippen LogP contribution in [0.2, 0.25) is 6.55 Å². The van der Waals surface area contributed by atoms with Crippen LogP contribution in [0, 0.1) is 6.92 Å². The number of halogens is 3. The minimum atomic E-state index is -1.68. The number of nitrogens with zero attached hydrogens (tertiary/aromatic N) is 2. The van der Waals surface area contributed by atoms with Gasteiger partial charge >= 0.3 is 0 Å². The topological polar surface area (TPSA) is 48.2 Å². The molecule has 2 aromatic rings. The van der Waals surface area contributed by atoms with Gasteiger partial charge in [-0.1, -0.05) is 6.55 Å². The maximum atomic E-state index is 6.08. The van der Waals surface area contributed by atoms with Crippen molar-refractivity contribution in [3.05, 3.63) is 35.4 Å². The fraction of sp³-hybridized carbons (Fsp3) is 0.385. The van der Waals surface area contributed by atoms with Crippen molar-refractivity contribution in [2.45, 2.75) is 30.4 Å². The molecule has 0 aromatic carbocycles. The monoisotopic (exact) mass is 364 g/mol. The van der Waals surface area contributed by atoms with Crippen molar-refractivity contribution < 1.29 is 9.15 Å². The number of ether oxygens (including phenoxy) is 1. The van der Waals surface area contributed by atoms with E-state index < -0.39 is 13.3 Å². The molecule has 0 aliphatic carbocycles. The Balaban J connectivity index is 2.34. The van der Waals surface area contributed by atoms with Gasteiger partial charge in [0, 0.05) is 11.1 Å². The minimum absolute atomic E-state index is 0.274. The number of hydrogen-bond donors (Lipinski definition) is 0. The molecular formula is C13H15Cl3N2O2Si. The lowest BCUT2D eigenvalue weighted by atomic mass is 10.2. The van der Waals surface area contributed by atoms with E-state index in [1.807, 2.05) is 19.5 Å². The van der Waals surface area contributed by atoms with Gasteiger partial charge in [0.05, 0.1) is 16.4 Å². The molecule has 0 radical (unpaired) electrons. The van der Waals surface area contributed by atoms with E-state index in [4.69, 9.17) is 44.0 Å². The van der Waals surface area contributed by atoms with Crippen LogP contribution in [-0.4, -0.2) is 23.5 Å². The van der Waals surface area contributed by atoms with Crippen LogP contribution in [0.5, 0.6) is 5.88 Å². The number of furan rings is 1. The number of aromatic nitrogens is 2. The molecule has 0 aliphatic heterocycles. The van der Waals surface area contributed by atoms with Crippen LogP contribution in [0.15, 0.2) is 22.8 Å². The first-order valence-electron chi connectivity index (χ1n) is 6.40. The first-order valence-corrected chi connectivity index (χ1v) is 10.2. The zero-order valence-electron chi connectivity index (χ0n) is 11.6. The Bertz CT molecular complexity index is 593. The minimum Gasteiger partial charge on any atom is -0.468 e. The molecule has 2 rings (SSSR count). The third kappa shape index (κ3) is 3.91. The molecule has 0 N–H and O–H groups in total. The molecule has 1 unspecified atom stereocenters. The average Bonchev–Trinajstić information content (AvgIpc) is 2.97. The second-order valence-electron chi connectivity index (χ2n) is 4.61. The third-order valence-corrected chi connectivity index (χ3v) is 7.98. The van der Waals surface area contributed by atoms with Crippen molar-refractivity contribution in [3.63, 3.8) is 0 Å². The SMILES string of the molecule is Cc1nnc(OCc2ccco2)c([SiH](C)C(Cl)Cl)c1CCl. The van der Waals surface area contributed by atoms with Gasteiger partial charge in [0.15, 0.2) is 0 Å². The molecule has 0 saturated heterocycles. The molecule has 0 fully saturated rings. The van der Waals surface area contributed by atoms with Crippen LogP contribution in [0.1, 0.15) is 17.0 Å². The second kappa shape index (κ2) is 7.49. The Morgan fingerprint density at radius 2 is 2.14 bits per heavy atom. The Morgan fingerprint density at radius 1 is 1.38 bits per heavy atom. The molecule has 1 atom stereocenters. The van der Waals surface area contributed by atoms with E-state index in [1.54, 1.807) is 12.3 Å². The highest BCUT2D eigenvalue weighted by Gasteiger charge is 2.26. The summed E-state index contributed by atoms with van der Waals surface area (Å²) in [6.07, 6.45) is 1.59. The molecule has 0 amide bonds. The number of hydrogen-bond acceptors (Lipinski definition) is 4. The van der Waals surface area contributed by atoms with E-state index in [2.05, 4.69) is 10.2 Å². The van der Waals surface area contributed by atoms with Crippen molar-refractivity contribution in [1.29, 1.82) is 0 Å². The van der Waals surface area contributed by atoms with Crippen molar-refractivity contribution in [1.82, 2.24) is 10.2 Å². The van der Waals surface area contributed by atoms with E-state index in [9.17, 15) is 0 Å².